The van der Waals surface area contributed by atoms with Gasteiger partial charge in [-0.15, -0.1) is 11.3 Å². The summed E-state index contributed by atoms with van der Waals surface area (Å²) in [4.78, 5) is 66.5. The number of hydrogen-bond donors (Lipinski definition) is 1. The van der Waals surface area contributed by atoms with Crippen LogP contribution in [0.4, 0.5) is 5.00 Å². The van der Waals surface area contributed by atoms with Gasteiger partial charge in [-0.3, -0.25) is 24.1 Å². The Kier molecular flexibility index (Phi) is 6.75. The summed E-state index contributed by atoms with van der Waals surface area (Å²) >= 11 is 1.19. The number of rotatable bonds is 7. The van der Waals surface area contributed by atoms with Gasteiger partial charge in [0, 0.05) is 4.88 Å². The zero-order valence-electron chi connectivity index (χ0n) is 19.9. The van der Waals surface area contributed by atoms with E-state index in [1.54, 1.807) is 24.3 Å². The number of hydrogen-bond acceptors (Lipinski definition) is 8. The van der Waals surface area contributed by atoms with Crippen LogP contribution in [0.5, 0.6) is 0 Å². The molecule has 35 heavy (non-hydrogen) atoms. The smallest absolute Gasteiger partial charge is 0.341 e. The average Bonchev–Trinajstić information content (AvgIpc) is 3.47. The summed E-state index contributed by atoms with van der Waals surface area (Å²) in [5.41, 5.74) is 1.13. The molecule has 1 aromatic carbocycles. The molecule has 2 atom stereocenters. The van der Waals surface area contributed by atoms with Crippen LogP contribution in [0.2, 0.25) is 0 Å². The van der Waals surface area contributed by atoms with E-state index in [0.717, 1.165) is 9.78 Å². The van der Waals surface area contributed by atoms with Crippen molar-refractivity contribution in [2.75, 3.05) is 19.5 Å². The van der Waals surface area contributed by atoms with Crippen molar-refractivity contribution in [1.29, 1.82) is 0 Å². The number of fused-ring (bicyclic) bond motifs is 2. The summed E-state index contributed by atoms with van der Waals surface area (Å²) in [5.74, 6) is -3.44. The minimum absolute atomic E-state index is 0.00724. The number of methoxy groups -OCH3 is 2. The van der Waals surface area contributed by atoms with E-state index in [0.29, 0.717) is 18.4 Å². The SMILES string of the molecule is COC(=O)c1c(NC(=O)C(CC(C)C)N2C(=O)c3ccccc3C2=O)sc2c1C(C(=O)OC)CC2. The normalized spacial score (nSPS) is 17.3. The van der Waals surface area contributed by atoms with Gasteiger partial charge in [-0.2, -0.15) is 0 Å². The van der Waals surface area contributed by atoms with Crippen molar-refractivity contribution in [2.45, 2.75) is 45.1 Å². The van der Waals surface area contributed by atoms with Gasteiger partial charge in [-0.25, -0.2) is 4.79 Å². The first kappa shape index (κ1) is 24.6. The summed E-state index contributed by atoms with van der Waals surface area (Å²) < 4.78 is 9.85. The highest BCUT2D eigenvalue weighted by molar-refractivity contribution is 7.17. The summed E-state index contributed by atoms with van der Waals surface area (Å²) in [6, 6.07) is 5.37. The molecule has 184 valence electrons. The number of thiophene rings is 1. The highest BCUT2D eigenvalue weighted by Gasteiger charge is 2.44. The third-order valence-corrected chi connectivity index (χ3v) is 7.46. The Labute approximate surface area is 206 Å². The predicted molar refractivity (Wildman–Crippen MR) is 128 cm³/mol. The van der Waals surface area contributed by atoms with Crippen molar-refractivity contribution in [3.63, 3.8) is 0 Å². The third kappa shape index (κ3) is 4.22. The molecule has 0 saturated heterocycles. The van der Waals surface area contributed by atoms with Crippen LogP contribution in [0.15, 0.2) is 24.3 Å². The van der Waals surface area contributed by atoms with Gasteiger partial charge in [-0.1, -0.05) is 26.0 Å². The molecule has 3 amide bonds. The topological polar surface area (TPSA) is 119 Å². The fourth-order valence-electron chi connectivity index (χ4n) is 4.70. The summed E-state index contributed by atoms with van der Waals surface area (Å²) in [6.45, 7) is 3.78. The highest BCUT2D eigenvalue weighted by Crippen LogP contribution is 2.46. The van der Waals surface area contributed by atoms with Gasteiger partial charge in [0.05, 0.1) is 36.8 Å². The van der Waals surface area contributed by atoms with Crippen molar-refractivity contribution in [2.24, 2.45) is 5.92 Å². The molecule has 0 radical (unpaired) electrons. The van der Waals surface area contributed by atoms with E-state index in [1.165, 1.54) is 25.6 Å². The first-order valence-corrected chi connectivity index (χ1v) is 12.1. The molecular weight excluding hydrogens is 472 g/mol. The molecule has 10 heteroatoms. The van der Waals surface area contributed by atoms with Crippen molar-refractivity contribution in [3.8, 4) is 0 Å². The largest absolute Gasteiger partial charge is 0.469 e. The number of ether oxygens (including phenoxy) is 2. The molecule has 1 N–H and O–H groups in total. The molecule has 0 spiro atoms. The van der Waals surface area contributed by atoms with Gasteiger partial charge in [0.15, 0.2) is 0 Å². The van der Waals surface area contributed by atoms with Gasteiger partial charge in [0.1, 0.15) is 11.0 Å². The second-order valence-electron chi connectivity index (χ2n) is 8.91. The monoisotopic (exact) mass is 498 g/mol. The van der Waals surface area contributed by atoms with Crippen molar-refractivity contribution < 1.29 is 33.4 Å². The lowest BCUT2D eigenvalue weighted by atomic mass is 9.99. The summed E-state index contributed by atoms with van der Waals surface area (Å²) in [7, 11) is 2.51. The number of carbonyl (C=O) groups excluding carboxylic acids is 5. The number of amides is 3. The molecule has 0 fully saturated rings. The second kappa shape index (κ2) is 9.61. The molecule has 2 aromatic rings. The van der Waals surface area contributed by atoms with E-state index in [1.807, 2.05) is 13.8 Å². The quantitative estimate of drug-likeness (QED) is 0.459. The first-order chi connectivity index (χ1) is 16.7. The van der Waals surface area contributed by atoms with Crippen LogP contribution in [-0.2, 0) is 25.5 Å². The van der Waals surface area contributed by atoms with Gasteiger partial charge >= 0.3 is 11.9 Å². The molecule has 2 unspecified atom stereocenters. The number of esters is 2. The number of benzene rings is 1. The van der Waals surface area contributed by atoms with E-state index in [9.17, 15) is 24.0 Å². The van der Waals surface area contributed by atoms with E-state index < -0.39 is 41.6 Å². The van der Waals surface area contributed by atoms with Crippen molar-refractivity contribution in [1.82, 2.24) is 4.90 Å². The standard InChI is InChI=1S/C25H26N2O7S/c1-12(2)11-16(27-22(29)13-7-5-6-8-14(13)23(27)30)20(28)26-21-19(25(32)34-4)18-15(24(31)33-3)9-10-17(18)35-21/h5-8,12,15-16H,9-11H2,1-4H3,(H,26,28). The van der Waals surface area contributed by atoms with Crippen molar-refractivity contribution in [3.05, 3.63) is 51.4 Å². The fourth-order valence-corrected chi connectivity index (χ4v) is 5.97. The Morgan fingerprint density at radius 1 is 1.09 bits per heavy atom. The molecular formula is C25H26N2O7S. The first-order valence-electron chi connectivity index (χ1n) is 11.3. The summed E-state index contributed by atoms with van der Waals surface area (Å²) in [6.07, 6.45) is 1.28. The molecule has 1 aromatic heterocycles. The second-order valence-corrected chi connectivity index (χ2v) is 10.0. The molecule has 0 saturated carbocycles. The fraction of sp³-hybridized carbons (Fsp3) is 0.400. The lowest BCUT2D eigenvalue weighted by Crippen LogP contribution is -2.48. The number of anilines is 1. The van der Waals surface area contributed by atoms with E-state index in [4.69, 9.17) is 9.47 Å². The number of nitrogens with one attached hydrogen (secondary N) is 1. The number of nitrogens with zero attached hydrogens (tertiary/aromatic N) is 1. The zero-order chi connectivity index (χ0) is 25.4. The molecule has 4 rings (SSSR count). The van der Waals surface area contributed by atoms with Gasteiger partial charge in [0.25, 0.3) is 11.8 Å². The van der Waals surface area contributed by atoms with Gasteiger partial charge < -0.3 is 14.8 Å². The third-order valence-electron chi connectivity index (χ3n) is 6.28. The number of aryl methyl sites for hydroxylation is 1. The molecule has 2 heterocycles. The average molecular weight is 499 g/mol. The number of imide groups is 1. The predicted octanol–water partition coefficient (Wildman–Crippen LogP) is 3.39. The van der Waals surface area contributed by atoms with E-state index in [2.05, 4.69) is 5.32 Å². The highest BCUT2D eigenvalue weighted by atomic mass is 32.1. The number of carbonyl (C=O) groups is 5. The molecule has 1 aliphatic carbocycles. The minimum Gasteiger partial charge on any atom is -0.469 e. The Morgan fingerprint density at radius 3 is 2.26 bits per heavy atom. The van der Waals surface area contributed by atoms with Crippen LogP contribution < -0.4 is 5.32 Å². The molecule has 9 nitrogen and oxygen atoms in total. The van der Waals surface area contributed by atoms with Gasteiger partial charge in [0.2, 0.25) is 5.91 Å². The Bertz CT molecular complexity index is 1200. The van der Waals surface area contributed by atoms with Crippen LogP contribution in [0, 0.1) is 5.92 Å². The maximum absolute atomic E-state index is 13.5. The van der Waals surface area contributed by atoms with E-state index >= 15 is 0 Å². The molecule has 0 bridgehead atoms. The lowest BCUT2D eigenvalue weighted by Gasteiger charge is -2.26. The molecule has 2 aliphatic rings. The summed E-state index contributed by atoms with van der Waals surface area (Å²) in [5, 5.41) is 2.99. The van der Waals surface area contributed by atoms with Crippen LogP contribution in [-0.4, -0.2) is 54.8 Å². The minimum atomic E-state index is -1.08. The Morgan fingerprint density at radius 2 is 1.71 bits per heavy atom. The van der Waals surface area contributed by atoms with Crippen molar-refractivity contribution >= 4 is 46.0 Å². The van der Waals surface area contributed by atoms with Crippen LogP contribution in [0.25, 0.3) is 0 Å². The Hall–Kier alpha value is -3.53. The van der Waals surface area contributed by atoms with E-state index in [-0.39, 0.29) is 34.0 Å². The zero-order valence-corrected chi connectivity index (χ0v) is 20.7. The van der Waals surface area contributed by atoms with Crippen LogP contribution in [0.3, 0.4) is 0 Å². The van der Waals surface area contributed by atoms with Crippen LogP contribution in [0.1, 0.15) is 74.1 Å². The molecule has 1 aliphatic heterocycles. The lowest BCUT2D eigenvalue weighted by molar-refractivity contribution is -0.142. The Balaban J connectivity index is 1.70. The van der Waals surface area contributed by atoms with Crippen LogP contribution >= 0.6 is 11.3 Å². The van der Waals surface area contributed by atoms with Gasteiger partial charge in [-0.05, 0) is 42.9 Å². The maximum Gasteiger partial charge on any atom is 0.341 e. The maximum atomic E-state index is 13.5.